The van der Waals surface area contributed by atoms with Crippen molar-refractivity contribution >= 4 is 5.69 Å². The van der Waals surface area contributed by atoms with E-state index in [-0.39, 0.29) is 12.6 Å². The van der Waals surface area contributed by atoms with Crippen LogP contribution >= 0.6 is 0 Å². The van der Waals surface area contributed by atoms with Crippen molar-refractivity contribution < 1.29 is 4.39 Å². The highest BCUT2D eigenvalue weighted by Gasteiger charge is 2.39. The van der Waals surface area contributed by atoms with Gasteiger partial charge < -0.3 is 11.1 Å². The summed E-state index contributed by atoms with van der Waals surface area (Å²) >= 11 is 0. The van der Waals surface area contributed by atoms with E-state index in [0.717, 1.165) is 12.1 Å². The molecule has 1 aromatic carbocycles. The van der Waals surface area contributed by atoms with Gasteiger partial charge in [0.05, 0.1) is 6.04 Å². The molecule has 1 aliphatic rings. The van der Waals surface area contributed by atoms with E-state index in [1.807, 2.05) is 31.2 Å². The van der Waals surface area contributed by atoms with E-state index >= 15 is 0 Å². The van der Waals surface area contributed by atoms with Crippen molar-refractivity contribution in [1.82, 2.24) is 0 Å². The van der Waals surface area contributed by atoms with Gasteiger partial charge in [-0.3, -0.25) is 0 Å². The number of hydrogen-bond donors (Lipinski definition) is 2. The van der Waals surface area contributed by atoms with Crippen LogP contribution in [0.5, 0.6) is 0 Å². The summed E-state index contributed by atoms with van der Waals surface area (Å²) in [7, 11) is 0. The number of anilines is 1. The molecule has 2 unspecified atom stereocenters. The molecule has 82 valence electrons. The first-order valence-electron chi connectivity index (χ1n) is 5.43. The first-order chi connectivity index (χ1) is 7.19. The summed E-state index contributed by atoms with van der Waals surface area (Å²) in [6, 6.07) is 7.79. The van der Waals surface area contributed by atoms with Crippen LogP contribution in [0.25, 0.3) is 0 Å². The van der Waals surface area contributed by atoms with E-state index in [0.29, 0.717) is 6.42 Å². The molecule has 0 spiro atoms. The van der Waals surface area contributed by atoms with Gasteiger partial charge in [-0.05, 0) is 24.5 Å². The van der Waals surface area contributed by atoms with Gasteiger partial charge in [-0.15, -0.1) is 0 Å². The predicted molar refractivity (Wildman–Crippen MR) is 60.7 cm³/mol. The summed E-state index contributed by atoms with van der Waals surface area (Å²) in [5, 5.41) is 3.22. The minimum Gasteiger partial charge on any atom is -0.378 e. The van der Waals surface area contributed by atoms with E-state index in [4.69, 9.17) is 5.73 Å². The highest BCUT2D eigenvalue weighted by Crippen LogP contribution is 2.33. The van der Waals surface area contributed by atoms with Crippen molar-refractivity contribution in [2.45, 2.75) is 31.5 Å². The normalized spacial score (nSPS) is 23.0. The number of nitrogens with one attached hydrogen (secondary N) is 1. The molecule has 0 radical (unpaired) electrons. The van der Waals surface area contributed by atoms with Crippen LogP contribution in [0.4, 0.5) is 10.1 Å². The Morgan fingerprint density at radius 1 is 1.53 bits per heavy atom. The van der Waals surface area contributed by atoms with Gasteiger partial charge in [-0.2, -0.15) is 0 Å². The van der Waals surface area contributed by atoms with Crippen molar-refractivity contribution in [3.8, 4) is 0 Å². The molecule has 0 amide bonds. The third-order valence-electron chi connectivity index (χ3n) is 3.32. The molecule has 2 nitrogen and oxygen atoms in total. The van der Waals surface area contributed by atoms with E-state index in [9.17, 15) is 4.39 Å². The fourth-order valence-corrected chi connectivity index (χ4v) is 2.14. The molecular weight excluding hydrogens is 191 g/mol. The molecule has 0 fully saturated rings. The smallest absolute Gasteiger partial charge is 0.143 e. The number of para-hydroxylation sites is 1. The fraction of sp³-hybridized carbons (Fsp3) is 0.500. The van der Waals surface area contributed by atoms with Gasteiger partial charge in [-0.1, -0.05) is 25.1 Å². The van der Waals surface area contributed by atoms with Crippen LogP contribution in [0.1, 0.15) is 18.9 Å². The standard InChI is InChI=1S/C12H17FN2/c1-2-12(13,8-14)11-7-9-5-3-4-6-10(9)15-11/h3-6,11,15H,2,7-8,14H2,1H3. The Hall–Kier alpha value is -1.09. The molecule has 2 rings (SSSR count). The highest BCUT2D eigenvalue weighted by atomic mass is 19.1. The Kier molecular flexibility index (Phi) is 2.65. The predicted octanol–water partition coefficient (Wildman–Crippen LogP) is 2.10. The Morgan fingerprint density at radius 3 is 2.87 bits per heavy atom. The zero-order valence-corrected chi connectivity index (χ0v) is 8.96. The second kappa shape index (κ2) is 3.81. The largest absolute Gasteiger partial charge is 0.378 e. The summed E-state index contributed by atoms with van der Waals surface area (Å²) in [5.41, 5.74) is 6.46. The quantitative estimate of drug-likeness (QED) is 0.798. The van der Waals surface area contributed by atoms with Gasteiger partial charge in [0.2, 0.25) is 0 Å². The maximum absolute atomic E-state index is 14.3. The van der Waals surface area contributed by atoms with Gasteiger partial charge in [0.25, 0.3) is 0 Å². The molecule has 15 heavy (non-hydrogen) atoms. The van der Waals surface area contributed by atoms with Gasteiger partial charge in [0.1, 0.15) is 5.67 Å². The fourth-order valence-electron chi connectivity index (χ4n) is 2.14. The van der Waals surface area contributed by atoms with Crippen molar-refractivity contribution in [2.24, 2.45) is 5.73 Å². The van der Waals surface area contributed by atoms with E-state index < -0.39 is 5.67 Å². The number of benzene rings is 1. The summed E-state index contributed by atoms with van der Waals surface area (Å²) in [5.74, 6) is 0. The molecule has 3 N–H and O–H groups in total. The molecule has 0 saturated carbocycles. The van der Waals surface area contributed by atoms with Gasteiger partial charge in [0.15, 0.2) is 0 Å². The Labute approximate surface area is 89.7 Å². The summed E-state index contributed by atoms with van der Waals surface area (Å²) in [4.78, 5) is 0. The van der Waals surface area contributed by atoms with Crippen molar-refractivity contribution in [1.29, 1.82) is 0 Å². The Bertz CT molecular complexity index is 322. The van der Waals surface area contributed by atoms with E-state index in [2.05, 4.69) is 5.32 Å². The lowest BCUT2D eigenvalue weighted by Crippen LogP contribution is -2.47. The number of nitrogens with two attached hydrogens (primary N) is 1. The molecule has 1 aromatic rings. The van der Waals surface area contributed by atoms with Crippen LogP contribution in [0, 0.1) is 0 Å². The topological polar surface area (TPSA) is 38.0 Å². The lowest BCUT2D eigenvalue weighted by atomic mass is 9.91. The SMILES string of the molecule is CCC(F)(CN)C1Cc2ccccc2N1. The van der Waals surface area contributed by atoms with E-state index in [1.54, 1.807) is 0 Å². The first kappa shape index (κ1) is 10.4. The van der Waals surface area contributed by atoms with Crippen LogP contribution in [0.3, 0.4) is 0 Å². The molecule has 1 heterocycles. The lowest BCUT2D eigenvalue weighted by Gasteiger charge is -2.29. The number of rotatable bonds is 3. The second-order valence-corrected chi connectivity index (χ2v) is 4.15. The number of halogens is 1. The van der Waals surface area contributed by atoms with Crippen LogP contribution in [0.15, 0.2) is 24.3 Å². The summed E-state index contributed by atoms with van der Waals surface area (Å²) < 4.78 is 14.3. The van der Waals surface area contributed by atoms with Crippen molar-refractivity contribution in [3.63, 3.8) is 0 Å². The third-order valence-corrected chi connectivity index (χ3v) is 3.32. The molecule has 0 aromatic heterocycles. The van der Waals surface area contributed by atoms with Crippen molar-refractivity contribution in [2.75, 3.05) is 11.9 Å². The molecular formula is C12H17FN2. The Balaban J connectivity index is 2.19. The minimum absolute atomic E-state index is 0.0785. The second-order valence-electron chi connectivity index (χ2n) is 4.15. The minimum atomic E-state index is -1.29. The molecule has 0 aliphatic carbocycles. The van der Waals surface area contributed by atoms with Gasteiger partial charge >= 0.3 is 0 Å². The average Bonchev–Trinajstić information content (AvgIpc) is 2.72. The summed E-state index contributed by atoms with van der Waals surface area (Å²) in [6.07, 6.45) is 1.19. The zero-order valence-electron chi connectivity index (χ0n) is 8.96. The number of alkyl halides is 1. The first-order valence-corrected chi connectivity index (χ1v) is 5.43. The van der Waals surface area contributed by atoms with E-state index in [1.165, 1.54) is 5.56 Å². The van der Waals surface area contributed by atoms with Crippen LogP contribution in [-0.2, 0) is 6.42 Å². The lowest BCUT2D eigenvalue weighted by molar-refractivity contribution is 0.141. The molecule has 2 atom stereocenters. The maximum Gasteiger partial charge on any atom is 0.143 e. The van der Waals surface area contributed by atoms with Gasteiger partial charge in [0, 0.05) is 12.2 Å². The number of hydrogen-bond acceptors (Lipinski definition) is 2. The number of fused-ring (bicyclic) bond motifs is 1. The monoisotopic (exact) mass is 208 g/mol. The summed E-state index contributed by atoms with van der Waals surface area (Å²) in [6.45, 7) is 1.92. The molecule has 3 heteroatoms. The zero-order chi connectivity index (χ0) is 10.9. The van der Waals surface area contributed by atoms with Crippen LogP contribution in [-0.4, -0.2) is 18.3 Å². The van der Waals surface area contributed by atoms with Crippen LogP contribution < -0.4 is 11.1 Å². The molecule has 0 saturated heterocycles. The third kappa shape index (κ3) is 1.72. The highest BCUT2D eigenvalue weighted by molar-refractivity contribution is 5.57. The molecule has 0 bridgehead atoms. The Morgan fingerprint density at radius 2 is 2.27 bits per heavy atom. The van der Waals surface area contributed by atoms with Gasteiger partial charge in [-0.25, -0.2) is 4.39 Å². The average molecular weight is 208 g/mol. The van der Waals surface area contributed by atoms with Crippen LogP contribution in [0.2, 0.25) is 0 Å². The van der Waals surface area contributed by atoms with Crippen molar-refractivity contribution in [3.05, 3.63) is 29.8 Å². The maximum atomic E-state index is 14.3. The molecule has 1 aliphatic heterocycles.